The van der Waals surface area contributed by atoms with Gasteiger partial charge < -0.3 is 9.84 Å². The van der Waals surface area contributed by atoms with Gasteiger partial charge in [-0.05, 0) is 24.5 Å². The van der Waals surface area contributed by atoms with Crippen molar-refractivity contribution in [2.45, 2.75) is 36.9 Å². The number of benzene rings is 1. The average Bonchev–Trinajstić information content (AvgIpc) is 2.46. The van der Waals surface area contributed by atoms with Crippen molar-refractivity contribution in [1.82, 2.24) is 0 Å². The van der Waals surface area contributed by atoms with Gasteiger partial charge in [0.1, 0.15) is 11.5 Å². The number of rotatable bonds is 5. The number of carbonyl (C=O) groups is 1. The minimum absolute atomic E-state index is 0.195. The largest absolute Gasteiger partial charge is 0.496 e. The molecule has 0 spiro atoms. The highest BCUT2D eigenvalue weighted by atomic mass is 32.2. The van der Waals surface area contributed by atoms with Crippen molar-refractivity contribution in [2.24, 2.45) is 0 Å². The molecule has 0 saturated heterocycles. The maximum absolute atomic E-state index is 12.4. The third kappa shape index (κ3) is 3.56. The number of sulfone groups is 1. The van der Waals surface area contributed by atoms with E-state index in [1.807, 2.05) is 24.3 Å². The van der Waals surface area contributed by atoms with Gasteiger partial charge in [-0.1, -0.05) is 31.0 Å². The fourth-order valence-electron chi connectivity index (χ4n) is 3.13. The van der Waals surface area contributed by atoms with Crippen molar-refractivity contribution in [3.05, 3.63) is 29.8 Å². The smallest absolute Gasteiger partial charge is 0.318 e. The number of carboxylic acid groups (broad SMARTS) is 1. The maximum atomic E-state index is 12.4. The van der Waals surface area contributed by atoms with E-state index in [0.717, 1.165) is 24.8 Å². The van der Waals surface area contributed by atoms with Crippen LogP contribution in [0, 0.1) is 0 Å². The molecule has 0 aromatic heterocycles. The molecule has 0 aliphatic heterocycles. The zero-order valence-electron chi connectivity index (χ0n) is 12.0. The molecule has 1 aromatic carbocycles. The van der Waals surface area contributed by atoms with E-state index in [1.165, 1.54) is 0 Å². The average molecular weight is 312 g/mol. The molecule has 5 nitrogen and oxygen atoms in total. The van der Waals surface area contributed by atoms with Gasteiger partial charge in [0.05, 0.1) is 12.4 Å². The lowest BCUT2D eigenvalue weighted by molar-refractivity contribution is -0.134. The molecule has 0 unspecified atom stereocenters. The van der Waals surface area contributed by atoms with E-state index in [1.54, 1.807) is 7.11 Å². The van der Waals surface area contributed by atoms with Crippen molar-refractivity contribution in [3.63, 3.8) is 0 Å². The molecule has 1 aromatic rings. The lowest BCUT2D eigenvalue weighted by Crippen LogP contribution is -2.35. The summed E-state index contributed by atoms with van der Waals surface area (Å²) >= 11 is 0. The second-order valence-electron chi connectivity index (χ2n) is 5.37. The first-order valence-corrected chi connectivity index (χ1v) is 8.73. The molecule has 1 fully saturated rings. The Labute approximate surface area is 124 Å². The predicted octanol–water partition coefficient (Wildman–Crippen LogP) is 2.22. The lowest BCUT2D eigenvalue weighted by atomic mass is 9.83. The van der Waals surface area contributed by atoms with Crippen LogP contribution in [0.4, 0.5) is 0 Å². The first-order chi connectivity index (χ1) is 9.95. The predicted molar refractivity (Wildman–Crippen MR) is 79.4 cm³/mol. The normalized spacial score (nSPS) is 22.7. The summed E-state index contributed by atoms with van der Waals surface area (Å²) in [6.45, 7) is 0. The highest BCUT2D eigenvalue weighted by molar-refractivity contribution is 7.92. The minimum atomic E-state index is -3.66. The summed E-state index contributed by atoms with van der Waals surface area (Å²) in [6.07, 6.45) is 3.01. The molecule has 1 saturated carbocycles. The Kier molecular flexibility index (Phi) is 4.88. The van der Waals surface area contributed by atoms with Crippen molar-refractivity contribution in [2.75, 3.05) is 12.9 Å². The zero-order valence-corrected chi connectivity index (χ0v) is 12.8. The van der Waals surface area contributed by atoms with Crippen LogP contribution < -0.4 is 4.74 Å². The Morgan fingerprint density at radius 1 is 1.29 bits per heavy atom. The number of methoxy groups -OCH3 is 1. The zero-order chi connectivity index (χ0) is 15.5. The van der Waals surface area contributed by atoms with Crippen molar-refractivity contribution in [3.8, 4) is 5.75 Å². The Balaban J connectivity index is 2.38. The summed E-state index contributed by atoms with van der Waals surface area (Å²) in [4.78, 5) is 10.8. The van der Waals surface area contributed by atoms with E-state index < -0.39 is 26.8 Å². The quantitative estimate of drug-likeness (QED) is 0.901. The standard InChI is InChI=1S/C15H20O5S/c1-20-13-8-4-2-6-11(13)12-7-3-5-9-14(12)21(18,19)10-15(16)17/h2,4,6,8,12,14H,3,5,7,9-10H2,1H3,(H,16,17)/t12-,14+/m0/s1. The molecule has 2 rings (SSSR count). The molecule has 116 valence electrons. The van der Waals surface area contributed by atoms with Gasteiger partial charge in [0.25, 0.3) is 0 Å². The van der Waals surface area contributed by atoms with E-state index in [0.29, 0.717) is 12.2 Å². The Hall–Kier alpha value is -1.56. The number of hydrogen-bond acceptors (Lipinski definition) is 4. The third-order valence-electron chi connectivity index (χ3n) is 4.03. The lowest BCUT2D eigenvalue weighted by Gasteiger charge is -2.32. The summed E-state index contributed by atoms with van der Waals surface area (Å²) in [5.74, 6) is -1.62. The van der Waals surface area contributed by atoms with Gasteiger partial charge in [-0.2, -0.15) is 0 Å². The SMILES string of the molecule is COc1ccccc1[C@@H]1CCCC[C@H]1S(=O)(=O)CC(=O)O. The molecule has 6 heteroatoms. The van der Waals surface area contributed by atoms with Crippen LogP contribution in [0.3, 0.4) is 0 Å². The number of para-hydroxylation sites is 1. The Morgan fingerprint density at radius 3 is 2.62 bits per heavy atom. The van der Waals surface area contributed by atoms with Crippen LogP contribution in [0.5, 0.6) is 5.75 Å². The molecular weight excluding hydrogens is 292 g/mol. The van der Waals surface area contributed by atoms with E-state index in [2.05, 4.69) is 0 Å². The summed E-state index contributed by atoms with van der Waals surface area (Å²) in [5, 5.41) is 8.19. The van der Waals surface area contributed by atoms with E-state index >= 15 is 0 Å². The first-order valence-electron chi connectivity index (χ1n) is 7.02. The van der Waals surface area contributed by atoms with Gasteiger partial charge in [-0.15, -0.1) is 0 Å². The number of hydrogen-bond donors (Lipinski definition) is 1. The maximum Gasteiger partial charge on any atom is 0.318 e. The highest BCUT2D eigenvalue weighted by Crippen LogP contribution is 2.40. The fourth-order valence-corrected chi connectivity index (χ4v) is 5.00. The van der Waals surface area contributed by atoms with Gasteiger partial charge in [-0.3, -0.25) is 4.79 Å². The van der Waals surface area contributed by atoms with Crippen molar-refractivity contribution < 1.29 is 23.1 Å². The number of carboxylic acids is 1. The molecule has 2 atom stereocenters. The van der Waals surface area contributed by atoms with Crippen LogP contribution in [0.25, 0.3) is 0 Å². The van der Waals surface area contributed by atoms with Crippen LogP contribution in [0.1, 0.15) is 37.2 Å². The Morgan fingerprint density at radius 2 is 1.95 bits per heavy atom. The van der Waals surface area contributed by atoms with E-state index in [4.69, 9.17) is 9.84 Å². The summed E-state index contributed by atoms with van der Waals surface area (Å²) in [6, 6.07) is 7.38. The number of aliphatic carboxylic acids is 1. The van der Waals surface area contributed by atoms with E-state index in [9.17, 15) is 13.2 Å². The van der Waals surface area contributed by atoms with Gasteiger partial charge in [-0.25, -0.2) is 8.42 Å². The molecule has 0 heterocycles. The van der Waals surface area contributed by atoms with Crippen LogP contribution in [-0.2, 0) is 14.6 Å². The third-order valence-corrected chi connectivity index (χ3v) is 6.16. The molecule has 1 N–H and O–H groups in total. The van der Waals surface area contributed by atoms with E-state index in [-0.39, 0.29) is 5.92 Å². The summed E-state index contributed by atoms with van der Waals surface area (Å²) in [7, 11) is -2.10. The number of ether oxygens (including phenoxy) is 1. The summed E-state index contributed by atoms with van der Waals surface area (Å²) < 4.78 is 30.0. The van der Waals surface area contributed by atoms with Crippen LogP contribution >= 0.6 is 0 Å². The van der Waals surface area contributed by atoms with Gasteiger partial charge in [0, 0.05) is 5.92 Å². The van der Waals surface area contributed by atoms with Gasteiger partial charge in [0.15, 0.2) is 9.84 Å². The fraction of sp³-hybridized carbons (Fsp3) is 0.533. The van der Waals surface area contributed by atoms with Crippen molar-refractivity contribution in [1.29, 1.82) is 0 Å². The molecular formula is C15H20O5S. The molecule has 1 aliphatic rings. The van der Waals surface area contributed by atoms with Gasteiger partial charge >= 0.3 is 5.97 Å². The van der Waals surface area contributed by atoms with Gasteiger partial charge in [0.2, 0.25) is 0 Å². The first kappa shape index (κ1) is 15.8. The Bertz CT molecular complexity index is 608. The molecule has 21 heavy (non-hydrogen) atoms. The van der Waals surface area contributed by atoms with Crippen LogP contribution in [0.2, 0.25) is 0 Å². The monoisotopic (exact) mass is 312 g/mol. The highest BCUT2D eigenvalue weighted by Gasteiger charge is 2.38. The molecule has 1 aliphatic carbocycles. The molecule has 0 amide bonds. The minimum Gasteiger partial charge on any atom is -0.496 e. The van der Waals surface area contributed by atoms with Crippen molar-refractivity contribution >= 4 is 15.8 Å². The summed E-state index contributed by atoms with van der Waals surface area (Å²) in [5.41, 5.74) is 0.860. The van der Waals surface area contributed by atoms with Crippen LogP contribution in [0.15, 0.2) is 24.3 Å². The van der Waals surface area contributed by atoms with Crippen LogP contribution in [-0.4, -0.2) is 37.6 Å². The molecule has 0 bridgehead atoms. The topological polar surface area (TPSA) is 80.7 Å². The second-order valence-corrected chi connectivity index (χ2v) is 7.59. The molecule has 0 radical (unpaired) electrons. The second kappa shape index (κ2) is 6.47.